The quantitative estimate of drug-likeness (QED) is 0.694. The normalized spacial score (nSPS) is 12.2. The van der Waals surface area contributed by atoms with Crippen LogP contribution in [0.3, 0.4) is 0 Å². The third-order valence-electron chi connectivity index (χ3n) is 1.82. The Morgan fingerprint density at radius 1 is 1.69 bits per heavy atom. The predicted octanol–water partition coefficient (Wildman–Crippen LogP) is 1.96. The molecule has 0 amide bonds. The third kappa shape index (κ3) is 2.47. The van der Waals surface area contributed by atoms with Crippen molar-refractivity contribution in [3.8, 4) is 0 Å². The maximum absolute atomic E-state index is 5.58. The van der Waals surface area contributed by atoms with Crippen LogP contribution in [0.1, 0.15) is 12.5 Å². The molecule has 0 saturated heterocycles. The zero-order valence-corrected chi connectivity index (χ0v) is 8.04. The number of aryl methyl sites for hydroxylation is 1. The van der Waals surface area contributed by atoms with E-state index in [1.54, 1.807) is 6.20 Å². The minimum absolute atomic E-state index is 0.217. The van der Waals surface area contributed by atoms with E-state index in [-0.39, 0.29) is 6.04 Å². The van der Waals surface area contributed by atoms with E-state index in [0.717, 1.165) is 11.4 Å². The largest absolute Gasteiger partial charge is 0.397 e. The molecular weight excluding hydrogens is 162 g/mol. The molecule has 1 aromatic rings. The zero-order valence-electron chi connectivity index (χ0n) is 8.04. The highest BCUT2D eigenvalue weighted by Crippen LogP contribution is 2.14. The Labute approximate surface area is 78.7 Å². The summed E-state index contributed by atoms with van der Waals surface area (Å²) in [5.74, 6) is 0.863. The van der Waals surface area contributed by atoms with Crippen LogP contribution >= 0.6 is 0 Å². The number of anilines is 2. The van der Waals surface area contributed by atoms with Crippen LogP contribution in [0, 0.1) is 6.92 Å². The summed E-state index contributed by atoms with van der Waals surface area (Å²) in [6, 6.07) is 2.11. The van der Waals surface area contributed by atoms with E-state index in [4.69, 9.17) is 5.73 Å². The van der Waals surface area contributed by atoms with Gasteiger partial charge >= 0.3 is 0 Å². The number of nitrogens with two attached hydrogens (primary N) is 1. The summed E-state index contributed by atoms with van der Waals surface area (Å²) in [4.78, 5) is 4.18. The van der Waals surface area contributed by atoms with Gasteiger partial charge in [0.25, 0.3) is 0 Å². The van der Waals surface area contributed by atoms with Crippen molar-refractivity contribution in [1.82, 2.24) is 4.98 Å². The van der Waals surface area contributed by atoms with Gasteiger partial charge in [-0.05, 0) is 25.5 Å². The van der Waals surface area contributed by atoms with Gasteiger partial charge in [-0.2, -0.15) is 0 Å². The summed E-state index contributed by atoms with van der Waals surface area (Å²) in [6.07, 6.45) is 3.47. The summed E-state index contributed by atoms with van der Waals surface area (Å²) in [5.41, 5.74) is 7.32. The molecule has 3 heteroatoms. The molecule has 1 atom stereocenters. The van der Waals surface area contributed by atoms with Gasteiger partial charge < -0.3 is 11.1 Å². The van der Waals surface area contributed by atoms with Crippen molar-refractivity contribution < 1.29 is 0 Å². The Bertz CT molecular complexity index is 307. The van der Waals surface area contributed by atoms with Crippen LogP contribution in [0.4, 0.5) is 11.5 Å². The lowest BCUT2D eigenvalue weighted by molar-refractivity contribution is 0.978. The Kier molecular flexibility index (Phi) is 2.90. The fourth-order valence-corrected chi connectivity index (χ4v) is 1.02. The topological polar surface area (TPSA) is 50.9 Å². The number of pyridine rings is 1. The second-order valence-corrected chi connectivity index (χ2v) is 3.10. The van der Waals surface area contributed by atoms with Gasteiger partial charge in [-0.25, -0.2) is 4.98 Å². The summed E-state index contributed by atoms with van der Waals surface area (Å²) >= 11 is 0. The molecule has 0 aliphatic carbocycles. The molecule has 0 aliphatic heterocycles. The fraction of sp³-hybridized carbons (Fsp3) is 0.300. The first kappa shape index (κ1) is 9.58. The van der Waals surface area contributed by atoms with Crippen LogP contribution in [0.25, 0.3) is 0 Å². The van der Waals surface area contributed by atoms with Crippen molar-refractivity contribution >= 4 is 11.5 Å². The molecule has 70 valence electrons. The fourth-order valence-electron chi connectivity index (χ4n) is 1.02. The van der Waals surface area contributed by atoms with E-state index in [0.29, 0.717) is 5.69 Å². The molecule has 0 aliphatic rings. The zero-order chi connectivity index (χ0) is 9.84. The van der Waals surface area contributed by atoms with Crippen molar-refractivity contribution in [3.05, 3.63) is 30.5 Å². The Balaban J connectivity index is 2.83. The Morgan fingerprint density at radius 2 is 2.38 bits per heavy atom. The minimum Gasteiger partial charge on any atom is -0.397 e. The van der Waals surface area contributed by atoms with E-state index in [9.17, 15) is 0 Å². The third-order valence-corrected chi connectivity index (χ3v) is 1.82. The number of nitrogen functional groups attached to an aromatic ring is 1. The van der Waals surface area contributed by atoms with Crippen molar-refractivity contribution in [3.63, 3.8) is 0 Å². The van der Waals surface area contributed by atoms with Gasteiger partial charge in [-0.3, -0.25) is 0 Å². The average molecular weight is 177 g/mol. The molecule has 0 bridgehead atoms. The van der Waals surface area contributed by atoms with Crippen LogP contribution < -0.4 is 11.1 Å². The second-order valence-electron chi connectivity index (χ2n) is 3.10. The molecule has 13 heavy (non-hydrogen) atoms. The van der Waals surface area contributed by atoms with Gasteiger partial charge in [0.15, 0.2) is 0 Å². The molecule has 1 rings (SSSR count). The minimum atomic E-state index is 0.217. The average Bonchev–Trinajstić information content (AvgIpc) is 2.09. The number of hydrogen-bond acceptors (Lipinski definition) is 3. The molecule has 3 N–H and O–H groups in total. The number of aromatic nitrogens is 1. The predicted molar refractivity (Wildman–Crippen MR) is 56.7 cm³/mol. The van der Waals surface area contributed by atoms with Gasteiger partial charge in [0.1, 0.15) is 5.82 Å². The molecule has 0 aromatic carbocycles. The molecule has 1 unspecified atom stereocenters. The highest BCUT2D eigenvalue weighted by Gasteiger charge is 2.01. The number of rotatable bonds is 3. The van der Waals surface area contributed by atoms with E-state index >= 15 is 0 Å². The second kappa shape index (κ2) is 3.94. The lowest BCUT2D eigenvalue weighted by Crippen LogP contribution is -2.13. The monoisotopic (exact) mass is 177 g/mol. The van der Waals surface area contributed by atoms with Crippen molar-refractivity contribution in [2.75, 3.05) is 11.1 Å². The molecule has 1 aromatic heterocycles. The van der Waals surface area contributed by atoms with E-state index in [1.807, 2.05) is 26.0 Å². The highest BCUT2D eigenvalue weighted by molar-refractivity contribution is 5.51. The first-order chi connectivity index (χ1) is 6.13. The Hall–Kier alpha value is -1.51. The first-order valence-electron chi connectivity index (χ1n) is 4.24. The van der Waals surface area contributed by atoms with E-state index in [2.05, 4.69) is 16.9 Å². The van der Waals surface area contributed by atoms with Gasteiger partial charge in [0.2, 0.25) is 0 Å². The number of nitrogens with zero attached hydrogens (tertiary/aromatic N) is 1. The molecular formula is C10H15N3. The first-order valence-corrected chi connectivity index (χ1v) is 4.24. The molecule has 0 saturated carbocycles. The van der Waals surface area contributed by atoms with Crippen LogP contribution in [0.2, 0.25) is 0 Å². The lowest BCUT2D eigenvalue weighted by Gasteiger charge is -2.12. The van der Waals surface area contributed by atoms with Crippen molar-refractivity contribution in [2.45, 2.75) is 19.9 Å². The number of nitrogens with one attached hydrogen (secondary N) is 1. The van der Waals surface area contributed by atoms with Crippen molar-refractivity contribution in [1.29, 1.82) is 0 Å². The molecule has 0 fully saturated rings. The Morgan fingerprint density at radius 3 is 2.92 bits per heavy atom. The van der Waals surface area contributed by atoms with Gasteiger partial charge in [-0.1, -0.05) is 6.08 Å². The van der Waals surface area contributed by atoms with E-state index < -0.39 is 0 Å². The highest BCUT2D eigenvalue weighted by atomic mass is 15.0. The summed E-state index contributed by atoms with van der Waals surface area (Å²) < 4.78 is 0. The van der Waals surface area contributed by atoms with Crippen LogP contribution in [0.15, 0.2) is 24.9 Å². The summed E-state index contributed by atoms with van der Waals surface area (Å²) in [7, 11) is 0. The molecule has 0 radical (unpaired) electrons. The summed E-state index contributed by atoms with van der Waals surface area (Å²) in [6.45, 7) is 7.68. The smallest absolute Gasteiger partial charge is 0.129 e. The molecule has 0 spiro atoms. The van der Waals surface area contributed by atoms with Gasteiger partial charge in [-0.15, -0.1) is 6.58 Å². The SMILES string of the molecule is C=CC(C)Nc1ncc(N)cc1C. The van der Waals surface area contributed by atoms with E-state index in [1.165, 1.54) is 0 Å². The van der Waals surface area contributed by atoms with Crippen LogP contribution in [0.5, 0.6) is 0 Å². The molecule has 3 nitrogen and oxygen atoms in total. The molecule has 1 heterocycles. The van der Waals surface area contributed by atoms with Gasteiger partial charge in [0, 0.05) is 6.04 Å². The maximum Gasteiger partial charge on any atom is 0.129 e. The number of hydrogen-bond donors (Lipinski definition) is 2. The van der Waals surface area contributed by atoms with Crippen LogP contribution in [-0.4, -0.2) is 11.0 Å². The lowest BCUT2D eigenvalue weighted by atomic mass is 10.2. The van der Waals surface area contributed by atoms with Gasteiger partial charge in [0.05, 0.1) is 11.9 Å². The van der Waals surface area contributed by atoms with Crippen LogP contribution in [-0.2, 0) is 0 Å². The standard InChI is InChI=1S/C10H15N3/c1-4-8(3)13-10-7(2)5-9(11)6-12-10/h4-6,8H,1,11H2,2-3H3,(H,12,13). The summed E-state index contributed by atoms with van der Waals surface area (Å²) in [5, 5.41) is 3.20. The maximum atomic E-state index is 5.58. The van der Waals surface area contributed by atoms with Crippen molar-refractivity contribution in [2.24, 2.45) is 0 Å².